The fourth-order valence-electron chi connectivity index (χ4n) is 2.21. The van der Waals surface area contributed by atoms with E-state index in [1.807, 2.05) is 0 Å². The Labute approximate surface area is 151 Å². The van der Waals surface area contributed by atoms with Crippen molar-refractivity contribution in [2.45, 2.75) is 38.4 Å². The van der Waals surface area contributed by atoms with Crippen LogP contribution in [0, 0.1) is 5.92 Å². The first-order valence-electron chi connectivity index (χ1n) is 8.13. The van der Waals surface area contributed by atoms with E-state index >= 15 is 0 Å². The van der Waals surface area contributed by atoms with E-state index in [0.717, 1.165) is 0 Å². The van der Waals surface area contributed by atoms with Gasteiger partial charge in [-0.1, -0.05) is 26.0 Å². The van der Waals surface area contributed by atoms with Crippen molar-refractivity contribution < 1.29 is 29.7 Å². The van der Waals surface area contributed by atoms with Crippen LogP contribution >= 0.6 is 0 Å². The molecule has 144 valence electrons. The van der Waals surface area contributed by atoms with Crippen LogP contribution in [0.1, 0.15) is 19.4 Å². The van der Waals surface area contributed by atoms with Gasteiger partial charge in [0.15, 0.2) is 0 Å². The summed E-state index contributed by atoms with van der Waals surface area (Å²) < 4.78 is 0. The predicted octanol–water partition coefficient (Wildman–Crippen LogP) is -1.04. The van der Waals surface area contributed by atoms with E-state index in [1.54, 1.807) is 26.0 Å². The van der Waals surface area contributed by atoms with Gasteiger partial charge in [-0.3, -0.25) is 9.59 Å². The standard InChI is InChI=1S/C17H25N3O6/c1-9(2)14(20-15(23)12(18)8-21)16(24)19-13(17(25)26)7-10-3-5-11(22)6-4-10/h3-6,9,12-14,21-22H,7-8,18H2,1-2H3,(H,19,24)(H,20,23)(H,25,26)/t12-,13-,14-/m0/s1. The molecule has 0 fully saturated rings. The van der Waals surface area contributed by atoms with Crippen molar-refractivity contribution in [2.24, 2.45) is 11.7 Å². The smallest absolute Gasteiger partial charge is 0.326 e. The highest BCUT2D eigenvalue weighted by Gasteiger charge is 2.29. The summed E-state index contributed by atoms with van der Waals surface area (Å²) in [6, 6.07) is 2.57. The first-order chi connectivity index (χ1) is 12.1. The van der Waals surface area contributed by atoms with Crippen LogP contribution in [-0.4, -0.2) is 57.8 Å². The number of nitrogens with one attached hydrogen (secondary N) is 2. The van der Waals surface area contributed by atoms with Gasteiger partial charge in [0.2, 0.25) is 11.8 Å². The summed E-state index contributed by atoms with van der Waals surface area (Å²) in [5.41, 5.74) is 6.03. The molecule has 0 aliphatic carbocycles. The Morgan fingerprint density at radius 2 is 1.65 bits per heavy atom. The number of carboxylic acids is 1. The highest BCUT2D eigenvalue weighted by Crippen LogP contribution is 2.12. The number of aliphatic carboxylic acids is 1. The van der Waals surface area contributed by atoms with Crippen molar-refractivity contribution in [3.63, 3.8) is 0 Å². The fraction of sp³-hybridized carbons (Fsp3) is 0.471. The monoisotopic (exact) mass is 367 g/mol. The van der Waals surface area contributed by atoms with Crippen molar-refractivity contribution in [3.05, 3.63) is 29.8 Å². The zero-order chi connectivity index (χ0) is 19.9. The molecule has 0 aliphatic heterocycles. The highest BCUT2D eigenvalue weighted by molar-refractivity contribution is 5.92. The SMILES string of the molecule is CC(C)[C@H](NC(=O)[C@@H](N)CO)C(=O)N[C@@H](Cc1ccc(O)cc1)C(=O)O. The Morgan fingerprint density at radius 1 is 1.08 bits per heavy atom. The minimum atomic E-state index is -1.23. The molecule has 1 aromatic carbocycles. The van der Waals surface area contributed by atoms with E-state index in [9.17, 15) is 24.6 Å². The van der Waals surface area contributed by atoms with Crippen molar-refractivity contribution >= 4 is 17.8 Å². The lowest BCUT2D eigenvalue weighted by atomic mass is 10.0. The van der Waals surface area contributed by atoms with Crippen LogP contribution in [-0.2, 0) is 20.8 Å². The van der Waals surface area contributed by atoms with Crippen LogP contribution < -0.4 is 16.4 Å². The Kier molecular flexibility index (Phi) is 8.01. The molecule has 1 rings (SSSR count). The molecule has 0 unspecified atom stereocenters. The van der Waals surface area contributed by atoms with Crippen LogP contribution in [0.3, 0.4) is 0 Å². The van der Waals surface area contributed by atoms with Crippen LogP contribution in [0.2, 0.25) is 0 Å². The van der Waals surface area contributed by atoms with E-state index in [-0.39, 0.29) is 18.1 Å². The molecule has 9 heteroatoms. The van der Waals surface area contributed by atoms with Gasteiger partial charge in [-0.2, -0.15) is 0 Å². The van der Waals surface area contributed by atoms with Gasteiger partial charge in [0, 0.05) is 6.42 Å². The minimum absolute atomic E-state index is 0.0102. The number of benzene rings is 1. The summed E-state index contributed by atoms with van der Waals surface area (Å²) in [6.07, 6.45) is 0.0102. The van der Waals surface area contributed by atoms with Crippen molar-refractivity contribution in [1.29, 1.82) is 0 Å². The number of hydrogen-bond donors (Lipinski definition) is 6. The molecule has 0 saturated heterocycles. The van der Waals surface area contributed by atoms with E-state index in [1.165, 1.54) is 12.1 Å². The van der Waals surface area contributed by atoms with Gasteiger partial charge in [0.25, 0.3) is 0 Å². The molecule has 0 radical (unpaired) electrons. The largest absolute Gasteiger partial charge is 0.508 e. The number of rotatable bonds is 9. The topological polar surface area (TPSA) is 162 Å². The summed E-state index contributed by atoms with van der Waals surface area (Å²) in [5.74, 6) is -2.87. The van der Waals surface area contributed by atoms with Gasteiger partial charge in [-0.25, -0.2) is 4.79 Å². The van der Waals surface area contributed by atoms with Gasteiger partial charge in [0.1, 0.15) is 23.9 Å². The lowest BCUT2D eigenvalue weighted by molar-refractivity contribution is -0.142. The average molecular weight is 367 g/mol. The summed E-state index contributed by atoms with van der Waals surface area (Å²) >= 11 is 0. The van der Waals surface area contributed by atoms with Gasteiger partial charge in [-0.05, 0) is 23.6 Å². The molecule has 3 atom stereocenters. The molecule has 0 spiro atoms. The van der Waals surface area contributed by atoms with Crippen LogP contribution in [0.5, 0.6) is 5.75 Å². The van der Waals surface area contributed by atoms with Crippen molar-refractivity contribution in [3.8, 4) is 5.75 Å². The molecular weight excluding hydrogens is 342 g/mol. The third kappa shape index (κ3) is 6.34. The Balaban J connectivity index is 2.83. The zero-order valence-electron chi connectivity index (χ0n) is 14.7. The Bertz CT molecular complexity index is 632. The van der Waals surface area contributed by atoms with Crippen molar-refractivity contribution in [2.75, 3.05) is 6.61 Å². The fourth-order valence-corrected chi connectivity index (χ4v) is 2.21. The third-order valence-electron chi connectivity index (χ3n) is 3.77. The normalized spacial score (nSPS) is 14.3. The molecule has 0 heterocycles. The molecule has 0 bridgehead atoms. The van der Waals surface area contributed by atoms with E-state index in [0.29, 0.717) is 5.56 Å². The first-order valence-corrected chi connectivity index (χ1v) is 8.13. The number of aliphatic hydroxyl groups is 1. The number of nitrogens with two attached hydrogens (primary N) is 1. The molecule has 0 aliphatic rings. The molecule has 9 nitrogen and oxygen atoms in total. The highest BCUT2D eigenvalue weighted by atomic mass is 16.4. The second-order valence-corrected chi connectivity index (χ2v) is 6.29. The quantitative estimate of drug-likeness (QED) is 0.325. The van der Waals surface area contributed by atoms with Crippen LogP contribution in [0.25, 0.3) is 0 Å². The summed E-state index contributed by atoms with van der Waals surface area (Å²) in [4.78, 5) is 35.7. The number of hydrogen-bond acceptors (Lipinski definition) is 6. The summed E-state index contributed by atoms with van der Waals surface area (Å²) in [7, 11) is 0. The molecule has 1 aromatic rings. The van der Waals surface area contributed by atoms with E-state index in [2.05, 4.69) is 10.6 Å². The Hall–Kier alpha value is -2.65. The number of carbonyl (C=O) groups excluding carboxylic acids is 2. The van der Waals surface area contributed by atoms with Gasteiger partial charge < -0.3 is 31.7 Å². The molecule has 0 aromatic heterocycles. The Morgan fingerprint density at radius 3 is 2.12 bits per heavy atom. The number of amides is 2. The summed E-state index contributed by atoms with van der Waals surface area (Å²) in [5, 5.41) is 32.4. The second-order valence-electron chi connectivity index (χ2n) is 6.29. The number of carbonyl (C=O) groups is 3. The first kappa shape index (κ1) is 21.4. The number of carboxylic acid groups (broad SMARTS) is 1. The molecule has 7 N–H and O–H groups in total. The number of phenols is 1. The number of aliphatic hydroxyl groups excluding tert-OH is 1. The lowest BCUT2D eigenvalue weighted by Crippen LogP contribution is -2.57. The maximum Gasteiger partial charge on any atom is 0.326 e. The van der Waals surface area contributed by atoms with Crippen LogP contribution in [0.15, 0.2) is 24.3 Å². The van der Waals surface area contributed by atoms with Crippen molar-refractivity contribution in [1.82, 2.24) is 10.6 Å². The zero-order valence-corrected chi connectivity index (χ0v) is 14.7. The van der Waals surface area contributed by atoms with E-state index < -0.39 is 42.5 Å². The van der Waals surface area contributed by atoms with Gasteiger partial charge >= 0.3 is 5.97 Å². The van der Waals surface area contributed by atoms with Gasteiger partial charge in [-0.15, -0.1) is 0 Å². The van der Waals surface area contributed by atoms with Gasteiger partial charge in [0.05, 0.1) is 6.61 Å². The predicted molar refractivity (Wildman–Crippen MR) is 93.2 cm³/mol. The lowest BCUT2D eigenvalue weighted by Gasteiger charge is -2.25. The molecule has 0 saturated carbocycles. The van der Waals surface area contributed by atoms with Crippen LogP contribution in [0.4, 0.5) is 0 Å². The molecule has 26 heavy (non-hydrogen) atoms. The number of aromatic hydroxyl groups is 1. The average Bonchev–Trinajstić information content (AvgIpc) is 2.59. The summed E-state index contributed by atoms with van der Waals surface area (Å²) in [6.45, 7) is 2.80. The molecular formula is C17H25N3O6. The second kappa shape index (κ2) is 9.73. The maximum atomic E-state index is 12.5. The third-order valence-corrected chi connectivity index (χ3v) is 3.77. The molecule has 2 amide bonds. The minimum Gasteiger partial charge on any atom is -0.508 e. The van der Waals surface area contributed by atoms with E-state index in [4.69, 9.17) is 10.8 Å². The maximum absolute atomic E-state index is 12.5. The number of phenolic OH excluding ortho intramolecular Hbond substituents is 1.